The third-order valence-corrected chi connectivity index (χ3v) is 2.30. The Hall–Kier alpha value is -1.95. The van der Waals surface area contributed by atoms with Crippen molar-refractivity contribution >= 4 is 17.6 Å². The van der Waals surface area contributed by atoms with Crippen LogP contribution < -0.4 is 10.6 Å². The molecule has 1 unspecified atom stereocenters. The number of aliphatic carboxylic acids is 1. The van der Waals surface area contributed by atoms with E-state index in [4.69, 9.17) is 5.11 Å². The van der Waals surface area contributed by atoms with Crippen molar-refractivity contribution in [2.24, 2.45) is 0 Å². The molecule has 0 fully saturated rings. The average molecular weight is 224 g/mol. The first kappa shape index (κ1) is 10.6. The molecule has 0 radical (unpaired) electrons. The number of rotatable bonds is 3. The van der Waals surface area contributed by atoms with Gasteiger partial charge in [-0.15, -0.1) is 0 Å². The number of hydrogen-bond donors (Lipinski definition) is 3. The van der Waals surface area contributed by atoms with Crippen molar-refractivity contribution in [2.45, 2.75) is 6.04 Å². The van der Waals surface area contributed by atoms with Crippen molar-refractivity contribution in [3.8, 4) is 0 Å². The van der Waals surface area contributed by atoms with Gasteiger partial charge < -0.3 is 10.4 Å². The molecule has 1 atom stereocenters. The second-order valence-corrected chi connectivity index (χ2v) is 3.43. The molecule has 0 spiro atoms. The average Bonchev–Trinajstić information content (AvgIpc) is 2.50. The van der Waals surface area contributed by atoms with Gasteiger partial charge in [0, 0.05) is 11.3 Å². The lowest BCUT2D eigenvalue weighted by Gasteiger charge is -2.08. The van der Waals surface area contributed by atoms with Gasteiger partial charge in [0.15, 0.2) is 0 Å². The summed E-state index contributed by atoms with van der Waals surface area (Å²) in [5.41, 5.74) is 0.945. The smallest absolute Gasteiger partial charge is 0.317 e. The van der Waals surface area contributed by atoms with Gasteiger partial charge >= 0.3 is 5.97 Å². The lowest BCUT2D eigenvalue weighted by Crippen LogP contribution is -2.31. The molecule has 0 saturated heterocycles. The molecule has 1 aliphatic heterocycles. The van der Waals surface area contributed by atoms with E-state index in [9.17, 15) is 14.0 Å². The third kappa shape index (κ3) is 1.87. The van der Waals surface area contributed by atoms with Crippen molar-refractivity contribution in [3.63, 3.8) is 0 Å². The van der Waals surface area contributed by atoms with Crippen LogP contribution in [0, 0.1) is 5.82 Å². The molecule has 84 valence electrons. The predicted octanol–water partition coefficient (Wildman–Crippen LogP) is 0.493. The van der Waals surface area contributed by atoms with E-state index < -0.39 is 17.8 Å². The van der Waals surface area contributed by atoms with Gasteiger partial charge in [-0.3, -0.25) is 14.9 Å². The Morgan fingerprint density at radius 3 is 3.00 bits per heavy atom. The molecule has 1 heterocycles. The third-order valence-electron chi connectivity index (χ3n) is 2.30. The molecule has 0 bridgehead atoms. The lowest BCUT2D eigenvalue weighted by molar-refractivity contribution is -0.136. The van der Waals surface area contributed by atoms with Crippen LogP contribution >= 0.6 is 0 Å². The number of halogens is 1. The Labute approximate surface area is 90.3 Å². The molecule has 5 nitrogen and oxygen atoms in total. The summed E-state index contributed by atoms with van der Waals surface area (Å²) in [6.45, 7) is -0.325. The number of benzene rings is 1. The molecule has 2 rings (SSSR count). The van der Waals surface area contributed by atoms with Crippen LogP contribution in [0.3, 0.4) is 0 Å². The first-order chi connectivity index (χ1) is 7.58. The first-order valence-corrected chi connectivity index (χ1v) is 4.63. The SMILES string of the molecule is O=C(O)CNC1C(=O)Nc2cc(F)ccc21. The maximum absolute atomic E-state index is 12.9. The van der Waals surface area contributed by atoms with E-state index in [1.807, 2.05) is 0 Å². The molecule has 1 aliphatic rings. The van der Waals surface area contributed by atoms with Crippen LogP contribution in [0.1, 0.15) is 11.6 Å². The second-order valence-electron chi connectivity index (χ2n) is 3.43. The Morgan fingerprint density at radius 1 is 1.56 bits per heavy atom. The van der Waals surface area contributed by atoms with Crippen LogP contribution in [0.5, 0.6) is 0 Å². The zero-order valence-electron chi connectivity index (χ0n) is 8.16. The highest BCUT2D eigenvalue weighted by molar-refractivity contribution is 6.02. The molecule has 1 amide bonds. The predicted molar refractivity (Wildman–Crippen MR) is 53.4 cm³/mol. The maximum Gasteiger partial charge on any atom is 0.317 e. The minimum Gasteiger partial charge on any atom is -0.480 e. The largest absolute Gasteiger partial charge is 0.480 e. The Bertz CT molecular complexity index is 461. The zero-order valence-corrected chi connectivity index (χ0v) is 8.16. The highest BCUT2D eigenvalue weighted by Crippen LogP contribution is 2.30. The topological polar surface area (TPSA) is 78.4 Å². The second kappa shape index (κ2) is 3.90. The summed E-state index contributed by atoms with van der Waals surface area (Å²) in [4.78, 5) is 21.8. The number of carboxylic acid groups (broad SMARTS) is 1. The number of carbonyl (C=O) groups excluding carboxylic acids is 1. The van der Waals surface area contributed by atoms with Crippen molar-refractivity contribution in [3.05, 3.63) is 29.6 Å². The van der Waals surface area contributed by atoms with Gasteiger partial charge in [0.2, 0.25) is 5.91 Å². The van der Waals surface area contributed by atoms with Gasteiger partial charge in [0.1, 0.15) is 11.9 Å². The van der Waals surface area contributed by atoms with E-state index in [-0.39, 0.29) is 12.5 Å². The molecule has 0 aliphatic carbocycles. The Kier molecular flexibility index (Phi) is 2.57. The quantitative estimate of drug-likeness (QED) is 0.698. The maximum atomic E-state index is 12.9. The molecule has 3 N–H and O–H groups in total. The van der Waals surface area contributed by atoms with Crippen LogP contribution in [0.2, 0.25) is 0 Å². The van der Waals surface area contributed by atoms with Gasteiger partial charge in [-0.05, 0) is 12.1 Å². The van der Waals surface area contributed by atoms with Crippen LogP contribution in [-0.2, 0) is 9.59 Å². The van der Waals surface area contributed by atoms with Crippen LogP contribution in [0.25, 0.3) is 0 Å². The Morgan fingerprint density at radius 2 is 2.31 bits per heavy atom. The van der Waals surface area contributed by atoms with Crippen molar-refractivity contribution in [1.82, 2.24) is 5.32 Å². The van der Waals surface area contributed by atoms with Crippen LogP contribution in [-0.4, -0.2) is 23.5 Å². The standard InChI is InChI=1S/C10H9FN2O3/c11-5-1-2-6-7(3-5)13-10(16)9(6)12-4-8(14)15/h1-3,9,12H,4H2,(H,13,16)(H,14,15). The highest BCUT2D eigenvalue weighted by Gasteiger charge is 2.30. The number of fused-ring (bicyclic) bond motifs is 1. The minimum absolute atomic E-state index is 0.325. The first-order valence-electron chi connectivity index (χ1n) is 4.63. The van der Waals surface area contributed by atoms with E-state index in [1.54, 1.807) is 0 Å². The summed E-state index contributed by atoms with van der Waals surface area (Å²) in [5, 5.41) is 13.5. The fourth-order valence-electron chi connectivity index (χ4n) is 1.63. The number of nitrogens with one attached hydrogen (secondary N) is 2. The van der Waals surface area contributed by atoms with Crippen molar-refractivity contribution in [2.75, 3.05) is 11.9 Å². The normalized spacial score (nSPS) is 18.1. The molecule has 0 saturated carbocycles. The Balaban J connectivity index is 2.22. The molecule has 1 aromatic rings. The number of carbonyl (C=O) groups is 2. The summed E-state index contributed by atoms with van der Waals surface area (Å²) in [6, 6.07) is 3.17. The van der Waals surface area contributed by atoms with E-state index in [2.05, 4.69) is 10.6 Å². The fourth-order valence-corrected chi connectivity index (χ4v) is 1.63. The number of anilines is 1. The van der Waals surface area contributed by atoms with E-state index in [0.29, 0.717) is 11.3 Å². The van der Waals surface area contributed by atoms with E-state index in [0.717, 1.165) is 0 Å². The summed E-state index contributed by atoms with van der Waals surface area (Å²) < 4.78 is 12.9. The lowest BCUT2D eigenvalue weighted by atomic mass is 10.1. The van der Waals surface area contributed by atoms with Gasteiger partial charge in [-0.1, -0.05) is 6.07 Å². The van der Waals surface area contributed by atoms with Crippen LogP contribution in [0.15, 0.2) is 18.2 Å². The van der Waals surface area contributed by atoms with Gasteiger partial charge in [-0.2, -0.15) is 0 Å². The molecule has 1 aromatic carbocycles. The van der Waals surface area contributed by atoms with Gasteiger partial charge in [-0.25, -0.2) is 4.39 Å². The number of amides is 1. The van der Waals surface area contributed by atoms with Crippen LogP contribution in [0.4, 0.5) is 10.1 Å². The molecular formula is C10H9FN2O3. The summed E-state index contributed by atoms with van der Waals surface area (Å²) in [6.07, 6.45) is 0. The van der Waals surface area contributed by atoms with E-state index in [1.165, 1.54) is 18.2 Å². The summed E-state index contributed by atoms with van der Waals surface area (Å²) in [5.74, 6) is -1.87. The van der Waals surface area contributed by atoms with Gasteiger partial charge in [0.25, 0.3) is 0 Å². The van der Waals surface area contributed by atoms with Gasteiger partial charge in [0.05, 0.1) is 6.54 Å². The molecular weight excluding hydrogens is 215 g/mol. The number of carboxylic acids is 1. The summed E-state index contributed by atoms with van der Waals surface area (Å²) in [7, 11) is 0. The fraction of sp³-hybridized carbons (Fsp3) is 0.200. The summed E-state index contributed by atoms with van der Waals surface area (Å²) >= 11 is 0. The van der Waals surface area contributed by atoms with E-state index >= 15 is 0 Å². The van der Waals surface area contributed by atoms with Crippen molar-refractivity contribution in [1.29, 1.82) is 0 Å². The monoisotopic (exact) mass is 224 g/mol. The van der Waals surface area contributed by atoms with Crippen molar-refractivity contribution < 1.29 is 19.1 Å². The number of hydrogen-bond acceptors (Lipinski definition) is 3. The minimum atomic E-state index is -1.05. The molecule has 6 heteroatoms. The molecule has 0 aromatic heterocycles. The molecule has 16 heavy (non-hydrogen) atoms. The zero-order chi connectivity index (χ0) is 11.7. The highest BCUT2D eigenvalue weighted by atomic mass is 19.1.